The summed E-state index contributed by atoms with van der Waals surface area (Å²) in [5.41, 5.74) is 4.48. The first-order chi connectivity index (χ1) is 15.0. The van der Waals surface area contributed by atoms with Gasteiger partial charge in [-0.25, -0.2) is 14.5 Å². The molecular formula is C22H24IN5O3. The summed E-state index contributed by atoms with van der Waals surface area (Å²) in [6.07, 6.45) is 3.54. The average Bonchev–Trinajstić information content (AvgIpc) is 3.59. The van der Waals surface area contributed by atoms with Crippen LogP contribution in [0, 0.1) is 3.70 Å². The van der Waals surface area contributed by atoms with Gasteiger partial charge in [-0.2, -0.15) is 5.10 Å². The van der Waals surface area contributed by atoms with E-state index in [1.165, 1.54) is 29.0 Å². The Morgan fingerprint density at radius 2 is 1.90 bits per heavy atom. The van der Waals surface area contributed by atoms with Crippen molar-refractivity contribution in [2.24, 2.45) is 0 Å². The number of hydrogen-bond donors (Lipinski definition) is 1. The number of ether oxygens (including phenoxy) is 1. The van der Waals surface area contributed by atoms with Crippen molar-refractivity contribution >= 4 is 45.4 Å². The van der Waals surface area contributed by atoms with Crippen molar-refractivity contribution in [3.63, 3.8) is 0 Å². The van der Waals surface area contributed by atoms with Crippen LogP contribution in [0.3, 0.4) is 0 Å². The molecule has 1 amide bonds. The third-order valence-electron chi connectivity index (χ3n) is 6.09. The van der Waals surface area contributed by atoms with Gasteiger partial charge in [-0.15, -0.1) is 0 Å². The van der Waals surface area contributed by atoms with Crippen molar-refractivity contribution in [2.75, 3.05) is 38.2 Å². The first kappa shape index (κ1) is 20.3. The molecule has 2 fully saturated rings. The van der Waals surface area contributed by atoms with E-state index in [4.69, 9.17) is 14.8 Å². The minimum atomic E-state index is -0.844. The summed E-state index contributed by atoms with van der Waals surface area (Å²) < 4.78 is 8.16. The predicted molar refractivity (Wildman–Crippen MR) is 126 cm³/mol. The van der Waals surface area contributed by atoms with Crippen LogP contribution in [0.15, 0.2) is 30.5 Å². The van der Waals surface area contributed by atoms with E-state index in [-0.39, 0.29) is 0 Å². The number of benzene rings is 1. The second-order valence-electron chi connectivity index (χ2n) is 8.09. The third-order valence-corrected chi connectivity index (χ3v) is 6.85. The molecule has 1 aliphatic carbocycles. The highest BCUT2D eigenvalue weighted by molar-refractivity contribution is 14.1. The van der Waals surface area contributed by atoms with E-state index >= 15 is 0 Å². The van der Waals surface area contributed by atoms with Gasteiger partial charge in [-0.3, -0.25) is 0 Å². The van der Waals surface area contributed by atoms with Crippen LogP contribution in [0.4, 0.5) is 10.5 Å². The van der Waals surface area contributed by atoms with Crippen molar-refractivity contribution in [2.45, 2.75) is 25.3 Å². The van der Waals surface area contributed by atoms with Gasteiger partial charge in [0.2, 0.25) is 0 Å². The molecule has 2 aromatic heterocycles. The van der Waals surface area contributed by atoms with Crippen LogP contribution in [0.1, 0.15) is 29.9 Å². The fraction of sp³-hybridized carbons (Fsp3) is 0.409. The topological polar surface area (TPSA) is 83.7 Å². The van der Waals surface area contributed by atoms with Gasteiger partial charge in [0.15, 0.2) is 5.65 Å². The Balaban J connectivity index is 1.53. The minimum absolute atomic E-state index is 0.514. The monoisotopic (exact) mass is 533 g/mol. The van der Waals surface area contributed by atoms with Crippen LogP contribution < -0.4 is 9.64 Å². The molecule has 0 radical (unpaired) electrons. The number of aromatic nitrogens is 3. The molecule has 162 valence electrons. The highest BCUT2D eigenvalue weighted by atomic mass is 127. The van der Waals surface area contributed by atoms with Crippen molar-refractivity contribution in [3.05, 3.63) is 45.3 Å². The summed E-state index contributed by atoms with van der Waals surface area (Å²) in [7, 11) is 1.66. The number of carbonyl (C=O) groups is 1. The van der Waals surface area contributed by atoms with Crippen LogP contribution in [-0.2, 0) is 6.54 Å². The number of hydrogen-bond acceptors (Lipinski definition) is 5. The van der Waals surface area contributed by atoms with Crippen LogP contribution in [0.5, 0.6) is 5.75 Å². The number of pyridine rings is 1. The van der Waals surface area contributed by atoms with Gasteiger partial charge in [0.1, 0.15) is 9.45 Å². The molecule has 8 nitrogen and oxygen atoms in total. The van der Waals surface area contributed by atoms with Crippen LogP contribution in [0.2, 0.25) is 0 Å². The van der Waals surface area contributed by atoms with E-state index in [9.17, 15) is 9.90 Å². The predicted octanol–water partition coefficient (Wildman–Crippen LogP) is 3.77. The molecule has 0 spiro atoms. The SMILES string of the molecule is COc1ccc(Cn2nc(I)c3c(N4CCN(C(=O)O)CC4)c(C4CC4)cnc32)cc1. The summed E-state index contributed by atoms with van der Waals surface area (Å²) in [5.74, 6) is 1.38. The molecule has 0 bridgehead atoms. The van der Waals surface area contributed by atoms with Gasteiger partial charge >= 0.3 is 6.09 Å². The Hall–Kier alpha value is -2.56. The van der Waals surface area contributed by atoms with E-state index in [0.717, 1.165) is 26.0 Å². The summed E-state index contributed by atoms with van der Waals surface area (Å²) >= 11 is 2.31. The summed E-state index contributed by atoms with van der Waals surface area (Å²) in [6.45, 7) is 3.03. The molecule has 1 saturated heterocycles. The number of amides is 1. The van der Waals surface area contributed by atoms with Crippen LogP contribution in [-0.4, -0.2) is 64.2 Å². The van der Waals surface area contributed by atoms with Gasteiger partial charge in [0, 0.05) is 32.4 Å². The van der Waals surface area contributed by atoms with E-state index < -0.39 is 6.09 Å². The van der Waals surface area contributed by atoms with E-state index in [1.54, 1.807) is 7.11 Å². The number of carboxylic acid groups (broad SMARTS) is 1. The lowest BCUT2D eigenvalue weighted by Crippen LogP contribution is -2.48. The largest absolute Gasteiger partial charge is 0.497 e. The maximum atomic E-state index is 11.3. The number of fused-ring (bicyclic) bond motifs is 1. The highest BCUT2D eigenvalue weighted by Gasteiger charge is 2.33. The molecule has 31 heavy (non-hydrogen) atoms. The maximum Gasteiger partial charge on any atom is 0.407 e. The molecule has 5 rings (SSSR count). The van der Waals surface area contributed by atoms with Gasteiger partial charge < -0.3 is 19.6 Å². The number of halogens is 1. The van der Waals surface area contributed by atoms with Gasteiger partial charge in [0.05, 0.1) is 24.7 Å². The summed E-state index contributed by atoms with van der Waals surface area (Å²) in [5, 5.41) is 15.2. The Morgan fingerprint density at radius 3 is 2.52 bits per heavy atom. The van der Waals surface area contributed by atoms with E-state index in [2.05, 4.69) is 27.5 Å². The number of anilines is 1. The fourth-order valence-electron chi connectivity index (χ4n) is 4.26. The Bertz CT molecular complexity index is 1120. The summed E-state index contributed by atoms with van der Waals surface area (Å²) in [6, 6.07) is 8.00. The molecule has 0 atom stereocenters. The Labute approximate surface area is 193 Å². The standard InChI is InChI=1S/C22H24IN5O3/c1-31-16-6-2-14(3-7-16)13-28-21-18(20(23)25-28)19(17(12-24-21)15-4-5-15)26-8-10-27(11-9-26)22(29)30/h2-3,6-7,12,15H,4-5,8-11,13H2,1H3,(H,29,30). The lowest BCUT2D eigenvalue weighted by molar-refractivity contribution is 0.142. The first-order valence-corrected chi connectivity index (χ1v) is 11.5. The smallest absolute Gasteiger partial charge is 0.407 e. The fourth-order valence-corrected chi connectivity index (χ4v) is 5.02. The van der Waals surface area contributed by atoms with E-state index in [1.807, 2.05) is 35.1 Å². The first-order valence-electron chi connectivity index (χ1n) is 10.5. The van der Waals surface area contributed by atoms with Crippen molar-refractivity contribution < 1.29 is 14.6 Å². The molecular weight excluding hydrogens is 509 g/mol. The highest BCUT2D eigenvalue weighted by Crippen LogP contribution is 2.47. The number of nitrogens with zero attached hydrogens (tertiary/aromatic N) is 5. The third kappa shape index (κ3) is 3.90. The molecule has 1 aliphatic heterocycles. The molecule has 9 heteroatoms. The second kappa shape index (κ2) is 8.18. The maximum absolute atomic E-state index is 11.3. The summed E-state index contributed by atoms with van der Waals surface area (Å²) in [4.78, 5) is 20.0. The lowest BCUT2D eigenvalue weighted by Gasteiger charge is -2.36. The zero-order valence-electron chi connectivity index (χ0n) is 17.3. The minimum Gasteiger partial charge on any atom is -0.497 e. The zero-order chi connectivity index (χ0) is 21.5. The lowest BCUT2D eigenvalue weighted by atomic mass is 10.1. The quantitative estimate of drug-likeness (QED) is 0.503. The molecule has 1 aromatic carbocycles. The van der Waals surface area contributed by atoms with E-state index in [0.29, 0.717) is 38.6 Å². The van der Waals surface area contributed by atoms with Crippen LogP contribution >= 0.6 is 22.6 Å². The van der Waals surface area contributed by atoms with Crippen molar-refractivity contribution in [3.8, 4) is 5.75 Å². The molecule has 1 N–H and O–H groups in total. The second-order valence-corrected chi connectivity index (χ2v) is 9.11. The van der Waals surface area contributed by atoms with Gasteiger partial charge in [-0.1, -0.05) is 12.1 Å². The zero-order valence-corrected chi connectivity index (χ0v) is 19.4. The average molecular weight is 533 g/mol. The Morgan fingerprint density at radius 1 is 1.19 bits per heavy atom. The van der Waals surface area contributed by atoms with Gasteiger partial charge in [0.25, 0.3) is 0 Å². The normalized spacial score (nSPS) is 16.7. The molecule has 0 unspecified atom stereocenters. The van der Waals surface area contributed by atoms with Crippen molar-refractivity contribution in [1.29, 1.82) is 0 Å². The molecule has 3 heterocycles. The van der Waals surface area contributed by atoms with Crippen molar-refractivity contribution in [1.82, 2.24) is 19.7 Å². The Kier molecular flexibility index (Phi) is 5.37. The number of piperazine rings is 1. The van der Waals surface area contributed by atoms with Gasteiger partial charge in [-0.05, 0) is 64.6 Å². The molecule has 3 aromatic rings. The van der Waals surface area contributed by atoms with Crippen LogP contribution in [0.25, 0.3) is 11.0 Å². The molecule has 1 saturated carbocycles. The number of rotatable bonds is 5. The number of methoxy groups -OCH3 is 1. The molecule has 2 aliphatic rings.